The fraction of sp³-hybridized carbons (Fsp3) is 0.409. The number of benzene rings is 1. The molecule has 0 unspecified atom stereocenters. The van der Waals surface area contributed by atoms with Gasteiger partial charge in [0.05, 0.1) is 0 Å². The summed E-state index contributed by atoms with van der Waals surface area (Å²) in [6.45, 7) is 8.09. The average Bonchev–Trinajstić information content (AvgIpc) is 2.66. The van der Waals surface area contributed by atoms with E-state index in [4.69, 9.17) is 5.26 Å². The Kier molecular flexibility index (Phi) is 7.36. The summed E-state index contributed by atoms with van der Waals surface area (Å²) in [6, 6.07) is 9.93. The maximum absolute atomic E-state index is 12.1. The summed E-state index contributed by atoms with van der Waals surface area (Å²) in [6.07, 6.45) is 6.36. The standard InChI is InChI=1S/C22H27N3O2/c1-4-6-12-25(13-7-5-2)18-10-8-17(9-11-18)14-19-16(3)20(15-23)22(27)24-21(19)26/h8-11,14H,4-7,12-13H2,1-3H3,(H,24,26,27)/b19-14+. The minimum atomic E-state index is -0.630. The maximum Gasteiger partial charge on any atom is 0.269 e. The van der Waals surface area contributed by atoms with Crippen LogP contribution in [0.2, 0.25) is 0 Å². The monoisotopic (exact) mass is 365 g/mol. The molecule has 1 heterocycles. The van der Waals surface area contributed by atoms with E-state index in [1.807, 2.05) is 18.2 Å². The first kappa shape index (κ1) is 20.4. The van der Waals surface area contributed by atoms with E-state index in [0.29, 0.717) is 11.1 Å². The summed E-state index contributed by atoms with van der Waals surface area (Å²) in [4.78, 5) is 26.2. The molecule has 0 aliphatic carbocycles. The van der Waals surface area contributed by atoms with E-state index < -0.39 is 11.8 Å². The van der Waals surface area contributed by atoms with E-state index in [9.17, 15) is 9.59 Å². The largest absolute Gasteiger partial charge is 0.372 e. The zero-order chi connectivity index (χ0) is 19.8. The van der Waals surface area contributed by atoms with Crippen LogP contribution in [-0.4, -0.2) is 24.9 Å². The highest BCUT2D eigenvalue weighted by atomic mass is 16.2. The van der Waals surface area contributed by atoms with E-state index in [1.165, 1.54) is 5.69 Å². The number of carbonyl (C=O) groups is 2. The molecule has 0 saturated heterocycles. The number of amides is 2. The number of imide groups is 1. The molecule has 0 atom stereocenters. The summed E-state index contributed by atoms with van der Waals surface area (Å²) < 4.78 is 0. The molecule has 1 N–H and O–H groups in total. The number of hydrogen-bond donors (Lipinski definition) is 1. The van der Waals surface area contributed by atoms with Crippen LogP contribution in [0.5, 0.6) is 0 Å². The van der Waals surface area contributed by atoms with Gasteiger partial charge < -0.3 is 4.90 Å². The molecule has 1 aliphatic rings. The number of rotatable bonds is 8. The molecule has 1 aliphatic heterocycles. The van der Waals surface area contributed by atoms with Crippen LogP contribution >= 0.6 is 0 Å². The maximum atomic E-state index is 12.1. The van der Waals surface area contributed by atoms with Gasteiger partial charge in [0, 0.05) is 24.4 Å². The van der Waals surface area contributed by atoms with Crippen molar-refractivity contribution in [2.24, 2.45) is 0 Å². The Morgan fingerprint density at radius 2 is 1.63 bits per heavy atom. The third-order valence-corrected chi connectivity index (χ3v) is 4.72. The van der Waals surface area contributed by atoms with Crippen molar-refractivity contribution in [2.75, 3.05) is 18.0 Å². The van der Waals surface area contributed by atoms with Crippen LogP contribution in [0, 0.1) is 11.3 Å². The lowest BCUT2D eigenvalue weighted by Gasteiger charge is -2.25. The van der Waals surface area contributed by atoms with E-state index >= 15 is 0 Å². The van der Waals surface area contributed by atoms with E-state index in [0.717, 1.165) is 44.3 Å². The fourth-order valence-corrected chi connectivity index (χ4v) is 3.03. The molecular formula is C22H27N3O2. The lowest BCUT2D eigenvalue weighted by Crippen LogP contribution is -2.37. The third-order valence-electron chi connectivity index (χ3n) is 4.72. The van der Waals surface area contributed by atoms with Crippen LogP contribution < -0.4 is 10.2 Å². The second kappa shape index (κ2) is 9.72. The van der Waals surface area contributed by atoms with Crippen molar-refractivity contribution in [1.82, 2.24) is 5.32 Å². The molecule has 0 bridgehead atoms. The predicted octanol–water partition coefficient (Wildman–Crippen LogP) is 3.97. The molecule has 0 saturated carbocycles. The first-order valence-corrected chi connectivity index (χ1v) is 9.55. The fourth-order valence-electron chi connectivity index (χ4n) is 3.03. The van der Waals surface area contributed by atoms with Gasteiger partial charge in [-0.1, -0.05) is 38.8 Å². The lowest BCUT2D eigenvalue weighted by molar-refractivity contribution is -0.126. The summed E-state index contributed by atoms with van der Waals surface area (Å²) in [5.74, 6) is -1.09. The molecule has 1 aromatic carbocycles. The summed E-state index contributed by atoms with van der Waals surface area (Å²) in [5.41, 5.74) is 2.80. The Hall–Kier alpha value is -2.87. The Morgan fingerprint density at radius 1 is 1.04 bits per heavy atom. The molecule has 5 nitrogen and oxygen atoms in total. The molecule has 0 spiro atoms. The molecule has 0 aromatic heterocycles. The Morgan fingerprint density at radius 3 is 2.15 bits per heavy atom. The molecule has 5 heteroatoms. The third kappa shape index (κ3) is 5.07. The van der Waals surface area contributed by atoms with Gasteiger partial charge in [0.1, 0.15) is 11.6 Å². The minimum absolute atomic E-state index is 0.0113. The van der Waals surface area contributed by atoms with Gasteiger partial charge in [-0.3, -0.25) is 14.9 Å². The van der Waals surface area contributed by atoms with E-state index in [-0.39, 0.29) is 5.57 Å². The van der Waals surface area contributed by atoms with Crippen molar-refractivity contribution in [2.45, 2.75) is 46.5 Å². The molecule has 0 radical (unpaired) electrons. The van der Waals surface area contributed by atoms with Crippen LogP contribution in [0.4, 0.5) is 5.69 Å². The topological polar surface area (TPSA) is 73.2 Å². The molecule has 2 amide bonds. The van der Waals surface area contributed by atoms with Crippen molar-refractivity contribution in [3.63, 3.8) is 0 Å². The molecule has 27 heavy (non-hydrogen) atoms. The van der Waals surface area contributed by atoms with Crippen LogP contribution in [0.1, 0.15) is 52.0 Å². The molecule has 2 rings (SSSR count). The zero-order valence-corrected chi connectivity index (χ0v) is 16.3. The number of nitrogens with one attached hydrogen (secondary N) is 1. The SMILES string of the molecule is CCCCN(CCCC)c1ccc(/C=C2/C(=O)NC(=O)C(C#N)=C2C)cc1. The van der Waals surface area contributed by atoms with E-state index in [2.05, 4.69) is 36.2 Å². The Labute approximate surface area is 161 Å². The second-order valence-electron chi connectivity index (χ2n) is 6.74. The quantitative estimate of drug-likeness (QED) is 0.559. The van der Waals surface area contributed by atoms with Crippen LogP contribution in [0.25, 0.3) is 6.08 Å². The predicted molar refractivity (Wildman–Crippen MR) is 108 cm³/mol. The Bertz CT molecular complexity index is 790. The molecule has 142 valence electrons. The highest BCUT2D eigenvalue weighted by Crippen LogP contribution is 2.24. The molecule has 1 aromatic rings. The summed E-state index contributed by atoms with van der Waals surface area (Å²) in [5, 5.41) is 11.4. The molecular weight excluding hydrogens is 338 g/mol. The number of hydrogen-bond acceptors (Lipinski definition) is 4. The van der Waals surface area contributed by atoms with Crippen LogP contribution in [-0.2, 0) is 9.59 Å². The van der Waals surface area contributed by atoms with Gasteiger partial charge in [-0.05, 0) is 49.1 Å². The van der Waals surface area contributed by atoms with Crippen molar-refractivity contribution in [3.8, 4) is 6.07 Å². The van der Waals surface area contributed by atoms with Crippen molar-refractivity contribution in [1.29, 1.82) is 5.26 Å². The van der Waals surface area contributed by atoms with Gasteiger partial charge in [-0.15, -0.1) is 0 Å². The van der Waals surface area contributed by atoms with Gasteiger partial charge in [-0.2, -0.15) is 5.26 Å². The minimum Gasteiger partial charge on any atom is -0.372 e. The van der Waals surface area contributed by atoms with Crippen molar-refractivity contribution in [3.05, 3.63) is 46.5 Å². The van der Waals surface area contributed by atoms with Gasteiger partial charge in [-0.25, -0.2) is 0 Å². The highest BCUT2D eigenvalue weighted by Gasteiger charge is 2.27. The average molecular weight is 365 g/mol. The number of anilines is 1. The zero-order valence-electron chi connectivity index (χ0n) is 16.3. The van der Waals surface area contributed by atoms with Gasteiger partial charge in [0.15, 0.2) is 0 Å². The highest BCUT2D eigenvalue weighted by molar-refractivity contribution is 6.19. The van der Waals surface area contributed by atoms with E-state index in [1.54, 1.807) is 13.0 Å². The van der Waals surface area contributed by atoms with Crippen molar-refractivity contribution >= 4 is 23.6 Å². The number of unbranched alkanes of at least 4 members (excludes halogenated alkanes) is 2. The normalized spacial score (nSPS) is 15.7. The summed E-state index contributed by atoms with van der Waals surface area (Å²) >= 11 is 0. The van der Waals surface area contributed by atoms with Crippen LogP contribution in [0.3, 0.4) is 0 Å². The summed E-state index contributed by atoms with van der Waals surface area (Å²) in [7, 11) is 0. The van der Waals surface area contributed by atoms with Crippen molar-refractivity contribution < 1.29 is 9.59 Å². The van der Waals surface area contributed by atoms with Gasteiger partial charge in [0.2, 0.25) is 0 Å². The molecule has 0 fully saturated rings. The number of nitriles is 1. The van der Waals surface area contributed by atoms with Crippen LogP contribution in [0.15, 0.2) is 41.0 Å². The smallest absolute Gasteiger partial charge is 0.269 e. The van der Waals surface area contributed by atoms with Gasteiger partial charge in [0.25, 0.3) is 11.8 Å². The second-order valence-corrected chi connectivity index (χ2v) is 6.74. The first-order valence-electron chi connectivity index (χ1n) is 9.55. The number of nitrogens with zero attached hydrogens (tertiary/aromatic N) is 2. The first-order chi connectivity index (χ1) is 13.0. The van der Waals surface area contributed by atoms with Gasteiger partial charge >= 0.3 is 0 Å². The lowest BCUT2D eigenvalue weighted by atomic mass is 9.95. The number of carbonyl (C=O) groups excluding carboxylic acids is 2. The Balaban J connectivity index is 2.27.